The lowest BCUT2D eigenvalue weighted by molar-refractivity contribution is -0.0813. The monoisotopic (exact) mass is 400 g/mol. The van der Waals surface area contributed by atoms with Crippen molar-refractivity contribution in [2.45, 2.75) is 115 Å². The lowest BCUT2D eigenvalue weighted by Crippen LogP contribution is -2.40. The van der Waals surface area contributed by atoms with E-state index in [9.17, 15) is 15.3 Å². The van der Waals surface area contributed by atoms with Crippen LogP contribution in [0.4, 0.5) is 0 Å². The van der Waals surface area contributed by atoms with E-state index >= 15 is 0 Å². The zero-order valence-corrected chi connectivity index (χ0v) is 17.9. The van der Waals surface area contributed by atoms with Gasteiger partial charge in [-0.15, -0.1) is 0 Å². The number of unbranched alkanes of at least 4 members (excludes halogenated alkanes) is 12. The molecular formula is C23H44O5. The first kappa shape index (κ1) is 25.6. The first-order chi connectivity index (χ1) is 13.7. The molecule has 5 nitrogen and oxygen atoms in total. The van der Waals surface area contributed by atoms with Crippen LogP contribution in [0.1, 0.15) is 90.4 Å². The topological polar surface area (TPSA) is 79.2 Å². The second-order valence-corrected chi connectivity index (χ2v) is 8.10. The first-order valence-corrected chi connectivity index (χ1v) is 11.5. The largest absolute Gasteiger partial charge is 0.388 e. The summed E-state index contributed by atoms with van der Waals surface area (Å²) in [5.41, 5.74) is 0. The molecule has 0 saturated carbocycles. The molecule has 28 heavy (non-hydrogen) atoms. The van der Waals surface area contributed by atoms with Crippen LogP contribution in [0.15, 0.2) is 12.2 Å². The highest BCUT2D eigenvalue weighted by atomic mass is 16.5. The molecular weight excluding hydrogens is 356 g/mol. The Kier molecular flexibility index (Phi) is 15.9. The maximum atomic E-state index is 9.94. The third-order valence-corrected chi connectivity index (χ3v) is 5.50. The number of allylic oxidation sites excluding steroid dienone is 2. The Labute approximate surface area is 172 Å². The van der Waals surface area contributed by atoms with Crippen molar-refractivity contribution in [2.24, 2.45) is 0 Å². The van der Waals surface area contributed by atoms with E-state index in [-0.39, 0.29) is 13.2 Å². The summed E-state index contributed by atoms with van der Waals surface area (Å²) in [4.78, 5) is 0. The van der Waals surface area contributed by atoms with Crippen LogP contribution < -0.4 is 0 Å². The van der Waals surface area contributed by atoms with Gasteiger partial charge in [0.1, 0.15) is 24.4 Å². The summed E-state index contributed by atoms with van der Waals surface area (Å²) >= 11 is 0. The normalized spacial score (nSPS) is 23.6. The van der Waals surface area contributed by atoms with Crippen LogP contribution in [0.5, 0.6) is 0 Å². The van der Waals surface area contributed by atoms with Gasteiger partial charge in [0.2, 0.25) is 0 Å². The average Bonchev–Trinajstić information content (AvgIpc) is 3.03. The van der Waals surface area contributed by atoms with Gasteiger partial charge >= 0.3 is 0 Å². The minimum absolute atomic E-state index is 0.0692. The van der Waals surface area contributed by atoms with E-state index < -0.39 is 24.4 Å². The van der Waals surface area contributed by atoms with E-state index in [1.807, 2.05) is 0 Å². The molecule has 166 valence electrons. The highest BCUT2D eigenvalue weighted by molar-refractivity contribution is 4.87. The molecule has 0 radical (unpaired) electrons. The third kappa shape index (κ3) is 12.2. The SMILES string of the molecule is C/C=C/CCCCCCCCCCCCCCOC[C@@H](O)[C@H]1OC[C@H](O)[C@H]1O. The van der Waals surface area contributed by atoms with Crippen molar-refractivity contribution >= 4 is 0 Å². The van der Waals surface area contributed by atoms with Crippen LogP contribution in [0.3, 0.4) is 0 Å². The molecule has 0 aromatic heterocycles. The molecule has 0 amide bonds. The van der Waals surface area contributed by atoms with Crippen LogP contribution in [0.25, 0.3) is 0 Å². The molecule has 0 bridgehead atoms. The molecule has 1 heterocycles. The van der Waals surface area contributed by atoms with Gasteiger partial charge in [0.05, 0.1) is 13.2 Å². The summed E-state index contributed by atoms with van der Waals surface area (Å²) in [6.45, 7) is 2.92. The maximum Gasteiger partial charge on any atom is 0.114 e. The fraction of sp³-hybridized carbons (Fsp3) is 0.913. The molecule has 0 spiro atoms. The summed E-state index contributed by atoms with van der Waals surface area (Å²) in [6, 6.07) is 0. The van der Waals surface area contributed by atoms with Crippen LogP contribution in [-0.2, 0) is 9.47 Å². The number of rotatable bonds is 18. The molecule has 1 aliphatic heterocycles. The van der Waals surface area contributed by atoms with Crippen molar-refractivity contribution in [1.82, 2.24) is 0 Å². The van der Waals surface area contributed by atoms with E-state index in [1.54, 1.807) is 0 Å². The number of ether oxygens (including phenoxy) is 2. The van der Waals surface area contributed by atoms with E-state index in [0.717, 1.165) is 12.8 Å². The van der Waals surface area contributed by atoms with Gasteiger partial charge in [0.25, 0.3) is 0 Å². The molecule has 3 N–H and O–H groups in total. The zero-order chi connectivity index (χ0) is 20.5. The summed E-state index contributed by atoms with van der Waals surface area (Å²) in [5.74, 6) is 0. The number of aliphatic hydroxyl groups excluding tert-OH is 3. The van der Waals surface area contributed by atoms with Crippen LogP contribution in [0.2, 0.25) is 0 Å². The minimum atomic E-state index is -1.03. The number of hydrogen-bond donors (Lipinski definition) is 3. The Balaban J connectivity index is 1.76. The van der Waals surface area contributed by atoms with Gasteiger partial charge < -0.3 is 24.8 Å². The van der Waals surface area contributed by atoms with Crippen molar-refractivity contribution in [3.63, 3.8) is 0 Å². The van der Waals surface area contributed by atoms with Crippen molar-refractivity contribution in [3.8, 4) is 0 Å². The van der Waals surface area contributed by atoms with Gasteiger partial charge in [0.15, 0.2) is 0 Å². The van der Waals surface area contributed by atoms with Gasteiger partial charge in [0, 0.05) is 6.61 Å². The van der Waals surface area contributed by atoms with Gasteiger partial charge in [-0.25, -0.2) is 0 Å². The molecule has 0 unspecified atom stereocenters. The van der Waals surface area contributed by atoms with Crippen molar-refractivity contribution in [2.75, 3.05) is 19.8 Å². The molecule has 4 atom stereocenters. The second-order valence-electron chi connectivity index (χ2n) is 8.10. The molecule has 0 aromatic carbocycles. The number of aliphatic hydroxyl groups is 3. The van der Waals surface area contributed by atoms with Crippen molar-refractivity contribution in [3.05, 3.63) is 12.2 Å². The van der Waals surface area contributed by atoms with E-state index in [0.29, 0.717) is 6.61 Å². The van der Waals surface area contributed by atoms with E-state index in [4.69, 9.17) is 9.47 Å². The molecule has 1 fully saturated rings. The lowest BCUT2D eigenvalue weighted by Gasteiger charge is -2.20. The predicted octanol–water partition coefficient (Wildman–Crippen LogP) is 4.13. The zero-order valence-electron chi connectivity index (χ0n) is 17.9. The maximum absolute atomic E-state index is 9.94. The highest BCUT2D eigenvalue weighted by Crippen LogP contribution is 2.18. The predicted molar refractivity (Wildman–Crippen MR) is 113 cm³/mol. The van der Waals surface area contributed by atoms with Gasteiger partial charge in [-0.2, -0.15) is 0 Å². The quantitative estimate of drug-likeness (QED) is 0.238. The highest BCUT2D eigenvalue weighted by Gasteiger charge is 2.39. The molecule has 1 saturated heterocycles. The Morgan fingerprint density at radius 1 is 0.893 bits per heavy atom. The summed E-state index contributed by atoms with van der Waals surface area (Å²) < 4.78 is 10.7. The smallest absolute Gasteiger partial charge is 0.114 e. The van der Waals surface area contributed by atoms with Gasteiger partial charge in [-0.1, -0.05) is 76.4 Å². The average molecular weight is 401 g/mol. The molecule has 5 heteroatoms. The summed E-state index contributed by atoms with van der Waals surface area (Å²) in [7, 11) is 0. The van der Waals surface area contributed by atoms with Gasteiger partial charge in [-0.05, 0) is 26.2 Å². The fourth-order valence-corrected chi connectivity index (χ4v) is 3.66. The Morgan fingerprint density at radius 3 is 1.93 bits per heavy atom. The summed E-state index contributed by atoms with van der Waals surface area (Å²) in [6.07, 6.45) is 17.7. The molecule has 1 rings (SSSR count). The van der Waals surface area contributed by atoms with E-state index in [1.165, 1.54) is 70.6 Å². The standard InChI is InChI=1S/C23H44O5/c1-2-3-4-5-6-7-8-9-10-11-12-13-14-15-16-17-27-18-21(25)23-22(26)20(24)19-28-23/h2-3,20-26H,4-19H2,1H3/b3-2+/t20-,21+,22+,23+/m0/s1. The second kappa shape index (κ2) is 17.4. The van der Waals surface area contributed by atoms with Crippen LogP contribution in [0, 0.1) is 0 Å². The molecule has 0 aromatic rings. The first-order valence-electron chi connectivity index (χ1n) is 11.5. The summed E-state index contributed by atoms with van der Waals surface area (Å²) in [5, 5.41) is 29.0. The van der Waals surface area contributed by atoms with Crippen LogP contribution in [-0.4, -0.2) is 59.6 Å². The van der Waals surface area contributed by atoms with Gasteiger partial charge in [-0.3, -0.25) is 0 Å². The third-order valence-electron chi connectivity index (χ3n) is 5.50. The van der Waals surface area contributed by atoms with Crippen molar-refractivity contribution in [1.29, 1.82) is 0 Å². The minimum Gasteiger partial charge on any atom is -0.388 e. The Bertz CT molecular complexity index is 374. The fourth-order valence-electron chi connectivity index (χ4n) is 3.66. The Morgan fingerprint density at radius 2 is 1.43 bits per heavy atom. The Hall–Kier alpha value is -0.460. The number of hydrogen-bond acceptors (Lipinski definition) is 5. The van der Waals surface area contributed by atoms with E-state index in [2.05, 4.69) is 19.1 Å². The van der Waals surface area contributed by atoms with Crippen LogP contribution >= 0.6 is 0 Å². The molecule has 0 aliphatic carbocycles. The van der Waals surface area contributed by atoms with Crippen molar-refractivity contribution < 1.29 is 24.8 Å². The molecule has 1 aliphatic rings. The lowest BCUT2D eigenvalue weighted by atomic mass is 10.0.